The standard InChI is InChI=1S/C19H32N2O2/c1-13(2)16-8-10-17(11-9-16)15(4)20-12-14(3)21-18(22)23-19(5,6)7/h8-11,13-15,20H,12H2,1-7H3,(H,21,22). The van der Waals surface area contributed by atoms with Crippen LogP contribution in [0, 0.1) is 0 Å². The maximum absolute atomic E-state index is 11.7. The molecule has 0 aromatic heterocycles. The highest BCUT2D eigenvalue weighted by Crippen LogP contribution is 2.18. The zero-order chi connectivity index (χ0) is 17.6. The van der Waals surface area contributed by atoms with Crippen molar-refractivity contribution in [3.63, 3.8) is 0 Å². The molecule has 4 heteroatoms. The Morgan fingerprint density at radius 2 is 1.57 bits per heavy atom. The van der Waals surface area contributed by atoms with Gasteiger partial charge in [-0.2, -0.15) is 0 Å². The fourth-order valence-corrected chi connectivity index (χ4v) is 2.20. The fraction of sp³-hybridized carbons (Fsp3) is 0.632. The molecule has 0 fully saturated rings. The van der Waals surface area contributed by atoms with Gasteiger partial charge in [0, 0.05) is 18.6 Å². The molecule has 23 heavy (non-hydrogen) atoms. The van der Waals surface area contributed by atoms with E-state index in [1.54, 1.807) is 0 Å². The average Bonchev–Trinajstić information content (AvgIpc) is 2.42. The van der Waals surface area contributed by atoms with E-state index in [0.29, 0.717) is 12.5 Å². The van der Waals surface area contributed by atoms with Gasteiger partial charge in [-0.1, -0.05) is 38.1 Å². The zero-order valence-electron chi connectivity index (χ0n) is 15.6. The van der Waals surface area contributed by atoms with Crippen LogP contribution >= 0.6 is 0 Å². The Hall–Kier alpha value is -1.55. The summed E-state index contributed by atoms with van der Waals surface area (Å²) in [5.41, 5.74) is 2.13. The number of nitrogens with one attached hydrogen (secondary N) is 2. The van der Waals surface area contributed by atoms with Crippen molar-refractivity contribution < 1.29 is 9.53 Å². The van der Waals surface area contributed by atoms with Crippen molar-refractivity contribution in [3.05, 3.63) is 35.4 Å². The summed E-state index contributed by atoms with van der Waals surface area (Å²) in [6, 6.07) is 8.93. The highest BCUT2D eigenvalue weighted by molar-refractivity contribution is 5.68. The lowest BCUT2D eigenvalue weighted by molar-refractivity contribution is 0.0507. The van der Waals surface area contributed by atoms with Crippen LogP contribution in [0.25, 0.3) is 0 Å². The number of ether oxygens (including phenoxy) is 1. The number of hydrogen-bond donors (Lipinski definition) is 2. The van der Waals surface area contributed by atoms with Crippen molar-refractivity contribution in [3.8, 4) is 0 Å². The zero-order valence-corrected chi connectivity index (χ0v) is 15.6. The Morgan fingerprint density at radius 3 is 2.04 bits per heavy atom. The minimum atomic E-state index is -0.470. The monoisotopic (exact) mass is 320 g/mol. The van der Waals surface area contributed by atoms with Crippen LogP contribution in [-0.4, -0.2) is 24.3 Å². The summed E-state index contributed by atoms with van der Waals surface area (Å²) in [5, 5.41) is 6.29. The van der Waals surface area contributed by atoms with Gasteiger partial charge in [0.25, 0.3) is 0 Å². The van der Waals surface area contributed by atoms with E-state index in [9.17, 15) is 4.79 Å². The SMILES string of the molecule is CC(CNC(C)c1ccc(C(C)C)cc1)NC(=O)OC(C)(C)C. The van der Waals surface area contributed by atoms with Crippen molar-refractivity contribution in [2.75, 3.05) is 6.54 Å². The van der Waals surface area contributed by atoms with Crippen LogP contribution in [0.3, 0.4) is 0 Å². The van der Waals surface area contributed by atoms with Crippen molar-refractivity contribution >= 4 is 6.09 Å². The van der Waals surface area contributed by atoms with Crippen LogP contribution in [0.1, 0.15) is 71.6 Å². The predicted molar refractivity (Wildman–Crippen MR) is 95.8 cm³/mol. The second-order valence-electron chi connectivity index (χ2n) is 7.50. The Morgan fingerprint density at radius 1 is 1.04 bits per heavy atom. The molecular weight excluding hydrogens is 288 g/mol. The molecule has 0 saturated carbocycles. The van der Waals surface area contributed by atoms with Crippen molar-refractivity contribution in [1.82, 2.24) is 10.6 Å². The van der Waals surface area contributed by atoms with Gasteiger partial charge < -0.3 is 15.4 Å². The average molecular weight is 320 g/mol. The molecule has 2 atom stereocenters. The smallest absolute Gasteiger partial charge is 0.407 e. The molecule has 2 unspecified atom stereocenters. The van der Waals surface area contributed by atoms with E-state index in [-0.39, 0.29) is 18.2 Å². The number of rotatable bonds is 6. The molecule has 0 heterocycles. The number of carbonyl (C=O) groups is 1. The van der Waals surface area contributed by atoms with Crippen molar-refractivity contribution in [1.29, 1.82) is 0 Å². The summed E-state index contributed by atoms with van der Waals surface area (Å²) in [6.07, 6.45) is -0.374. The summed E-state index contributed by atoms with van der Waals surface area (Å²) in [6.45, 7) is 14.7. The highest BCUT2D eigenvalue weighted by Gasteiger charge is 2.18. The molecule has 1 rings (SSSR count). The third kappa shape index (κ3) is 7.51. The van der Waals surface area contributed by atoms with E-state index in [2.05, 4.69) is 55.7 Å². The Labute approximate surface area is 141 Å². The Kier molecular flexibility index (Phi) is 7.07. The molecule has 0 spiro atoms. The molecule has 0 bridgehead atoms. The van der Waals surface area contributed by atoms with Crippen LogP contribution in [0.4, 0.5) is 4.79 Å². The van der Waals surface area contributed by atoms with Gasteiger partial charge in [0.15, 0.2) is 0 Å². The molecule has 0 aliphatic rings. The number of alkyl carbamates (subject to hydrolysis) is 1. The molecule has 1 aromatic carbocycles. The third-order valence-corrected chi connectivity index (χ3v) is 3.60. The third-order valence-electron chi connectivity index (χ3n) is 3.60. The number of benzene rings is 1. The van der Waals surface area contributed by atoms with Crippen LogP contribution in [-0.2, 0) is 4.74 Å². The number of carbonyl (C=O) groups excluding carboxylic acids is 1. The lowest BCUT2D eigenvalue weighted by atomic mass is 9.99. The molecule has 1 aromatic rings. The fourth-order valence-electron chi connectivity index (χ4n) is 2.20. The van der Waals surface area contributed by atoms with E-state index >= 15 is 0 Å². The molecule has 2 N–H and O–H groups in total. The summed E-state index contributed by atoms with van der Waals surface area (Å²) in [4.78, 5) is 11.7. The first-order valence-electron chi connectivity index (χ1n) is 8.41. The molecule has 0 aliphatic heterocycles. The molecule has 4 nitrogen and oxygen atoms in total. The normalized spacial score (nSPS) is 14.4. The summed E-state index contributed by atoms with van der Waals surface area (Å²) < 4.78 is 5.26. The lowest BCUT2D eigenvalue weighted by Gasteiger charge is -2.23. The van der Waals surface area contributed by atoms with E-state index in [1.807, 2.05) is 27.7 Å². The van der Waals surface area contributed by atoms with E-state index in [1.165, 1.54) is 11.1 Å². The van der Waals surface area contributed by atoms with Crippen molar-refractivity contribution in [2.24, 2.45) is 0 Å². The largest absolute Gasteiger partial charge is 0.444 e. The minimum absolute atomic E-state index is 0.00207. The highest BCUT2D eigenvalue weighted by atomic mass is 16.6. The Balaban J connectivity index is 2.43. The number of hydrogen-bond acceptors (Lipinski definition) is 3. The molecule has 130 valence electrons. The maximum atomic E-state index is 11.7. The molecular formula is C19H32N2O2. The summed E-state index contributed by atoms with van der Waals surface area (Å²) >= 11 is 0. The van der Waals surface area contributed by atoms with Gasteiger partial charge >= 0.3 is 6.09 Å². The maximum Gasteiger partial charge on any atom is 0.407 e. The second-order valence-corrected chi connectivity index (χ2v) is 7.50. The number of amides is 1. The summed E-state index contributed by atoms with van der Waals surface area (Å²) in [7, 11) is 0. The quantitative estimate of drug-likeness (QED) is 0.818. The minimum Gasteiger partial charge on any atom is -0.444 e. The van der Waals surface area contributed by atoms with Gasteiger partial charge in [-0.3, -0.25) is 0 Å². The van der Waals surface area contributed by atoms with Crippen LogP contribution in [0.15, 0.2) is 24.3 Å². The predicted octanol–water partition coefficient (Wildman–Crippen LogP) is 4.37. The van der Waals surface area contributed by atoms with Crippen LogP contribution in [0.5, 0.6) is 0 Å². The molecule has 0 radical (unpaired) electrons. The second kappa shape index (κ2) is 8.34. The van der Waals surface area contributed by atoms with Crippen LogP contribution in [0.2, 0.25) is 0 Å². The first-order chi connectivity index (χ1) is 10.6. The first-order valence-corrected chi connectivity index (χ1v) is 8.41. The lowest BCUT2D eigenvalue weighted by Crippen LogP contribution is -2.43. The van der Waals surface area contributed by atoms with Gasteiger partial charge in [0.05, 0.1) is 0 Å². The molecule has 1 amide bonds. The topological polar surface area (TPSA) is 50.4 Å². The van der Waals surface area contributed by atoms with Crippen LogP contribution < -0.4 is 10.6 Å². The van der Waals surface area contributed by atoms with Gasteiger partial charge in [0.2, 0.25) is 0 Å². The van der Waals surface area contributed by atoms with E-state index < -0.39 is 5.60 Å². The van der Waals surface area contributed by atoms with Gasteiger partial charge in [0.1, 0.15) is 5.60 Å². The van der Waals surface area contributed by atoms with Crippen molar-refractivity contribution in [2.45, 2.75) is 72.1 Å². The van der Waals surface area contributed by atoms with E-state index in [4.69, 9.17) is 4.74 Å². The van der Waals surface area contributed by atoms with Gasteiger partial charge in [-0.05, 0) is 51.7 Å². The van der Waals surface area contributed by atoms with Gasteiger partial charge in [-0.25, -0.2) is 4.79 Å². The molecule has 0 aliphatic carbocycles. The van der Waals surface area contributed by atoms with Gasteiger partial charge in [-0.15, -0.1) is 0 Å². The molecule has 0 saturated heterocycles. The summed E-state index contributed by atoms with van der Waals surface area (Å²) in [5.74, 6) is 0.547. The van der Waals surface area contributed by atoms with E-state index in [0.717, 1.165) is 0 Å². The Bertz CT molecular complexity index is 489. The first kappa shape index (κ1) is 19.5.